The number of carbonyl (C=O) groups is 2. The smallest absolute Gasteiger partial charge is 0.338 e. The van der Waals surface area contributed by atoms with E-state index in [1.807, 2.05) is 0 Å². The molecule has 1 aromatic carbocycles. The Labute approximate surface area is 135 Å². The van der Waals surface area contributed by atoms with Crippen molar-refractivity contribution in [2.24, 2.45) is 0 Å². The number of carboxylic acids is 1. The minimum atomic E-state index is -1.07. The Balaban J connectivity index is 2.13. The van der Waals surface area contributed by atoms with Crippen LogP contribution in [0.25, 0.3) is 0 Å². The minimum absolute atomic E-state index is 0.0476. The van der Waals surface area contributed by atoms with Crippen molar-refractivity contribution in [3.8, 4) is 0 Å². The van der Waals surface area contributed by atoms with Crippen LogP contribution in [0.15, 0.2) is 24.3 Å². The fourth-order valence-electron chi connectivity index (χ4n) is 1.77. The summed E-state index contributed by atoms with van der Waals surface area (Å²) in [5, 5.41) is 12.9. The number of rotatable bonds is 4. The molecule has 21 heavy (non-hydrogen) atoms. The van der Waals surface area contributed by atoms with E-state index in [0.717, 1.165) is 4.88 Å². The molecule has 4 nitrogen and oxygen atoms in total. The van der Waals surface area contributed by atoms with Crippen LogP contribution in [0.2, 0.25) is 10.0 Å². The van der Waals surface area contributed by atoms with Gasteiger partial charge in [-0.3, -0.25) is 4.79 Å². The number of benzene rings is 1. The number of aromatic carboxylic acids is 1. The van der Waals surface area contributed by atoms with Gasteiger partial charge in [0.25, 0.3) is 0 Å². The van der Waals surface area contributed by atoms with Gasteiger partial charge in [0.1, 0.15) is 5.00 Å². The fraction of sp³-hybridized carbons (Fsp3) is 0.143. The average molecular weight is 344 g/mol. The van der Waals surface area contributed by atoms with Crippen LogP contribution < -0.4 is 5.32 Å². The molecule has 7 heteroatoms. The summed E-state index contributed by atoms with van der Waals surface area (Å²) in [6.45, 7) is 1.78. The summed E-state index contributed by atoms with van der Waals surface area (Å²) in [4.78, 5) is 23.9. The van der Waals surface area contributed by atoms with E-state index in [1.165, 1.54) is 17.4 Å². The standard InChI is InChI=1S/C14H11Cl2NO3S/c1-7-4-10(14(19)20)13(21-7)17-12(18)5-8-2-3-9(15)6-11(8)16/h2-4,6H,5H2,1H3,(H,17,18)(H,19,20). The molecule has 0 radical (unpaired) electrons. The number of carbonyl (C=O) groups excluding carboxylic acids is 1. The Kier molecular flexibility index (Phi) is 4.88. The zero-order valence-corrected chi connectivity index (χ0v) is 13.3. The second kappa shape index (κ2) is 6.47. The van der Waals surface area contributed by atoms with Crippen LogP contribution in [0.1, 0.15) is 20.8 Å². The Morgan fingerprint density at radius 1 is 1.29 bits per heavy atom. The van der Waals surface area contributed by atoms with Gasteiger partial charge in [-0.15, -0.1) is 11.3 Å². The van der Waals surface area contributed by atoms with Gasteiger partial charge in [-0.25, -0.2) is 4.79 Å². The van der Waals surface area contributed by atoms with Crippen LogP contribution in [0.5, 0.6) is 0 Å². The SMILES string of the molecule is Cc1cc(C(=O)O)c(NC(=O)Cc2ccc(Cl)cc2Cl)s1. The van der Waals surface area contributed by atoms with Crippen molar-refractivity contribution in [1.82, 2.24) is 0 Å². The maximum absolute atomic E-state index is 12.0. The number of amides is 1. The number of aryl methyl sites for hydroxylation is 1. The predicted molar refractivity (Wildman–Crippen MR) is 84.8 cm³/mol. The van der Waals surface area contributed by atoms with E-state index in [0.29, 0.717) is 20.6 Å². The van der Waals surface area contributed by atoms with Crippen molar-refractivity contribution in [2.45, 2.75) is 13.3 Å². The molecule has 0 saturated carbocycles. The molecule has 1 heterocycles. The molecule has 0 spiro atoms. The number of anilines is 1. The second-order valence-electron chi connectivity index (χ2n) is 4.37. The number of hydrogen-bond acceptors (Lipinski definition) is 3. The molecular formula is C14H11Cl2NO3S. The lowest BCUT2D eigenvalue weighted by Gasteiger charge is -2.06. The maximum Gasteiger partial charge on any atom is 0.338 e. The summed E-state index contributed by atoms with van der Waals surface area (Å²) in [7, 11) is 0. The molecule has 2 aromatic rings. The van der Waals surface area contributed by atoms with Crippen LogP contribution in [0.4, 0.5) is 5.00 Å². The van der Waals surface area contributed by atoms with Gasteiger partial charge in [-0.2, -0.15) is 0 Å². The minimum Gasteiger partial charge on any atom is -0.478 e. The summed E-state index contributed by atoms with van der Waals surface area (Å²) in [5.74, 6) is -1.40. The molecule has 0 aliphatic rings. The largest absolute Gasteiger partial charge is 0.478 e. The predicted octanol–water partition coefficient (Wildman–Crippen LogP) is 4.24. The first-order chi connectivity index (χ1) is 9.86. The van der Waals surface area contributed by atoms with Crippen molar-refractivity contribution in [1.29, 1.82) is 0 Å². The molecule has 1 amide bonds. The Morgan fingerprint density at radius 3 is 2.62 bits per heavy atom. The van der Waals surface area contributed by atoms with Crippen LogP contribution >= 0.6 is 34.5 Å². The number of nitrogens with one attached hydrogen (secondary N) is 1. The summed E-state index contributed by atoms with van der Waals surface area (Å²) >= 11 is 13.0. The van der Waals surface area contributed by atoms with Crippen molar-refractivity contribution in [3.63, 3.8) is 0 Å². The third kappa shape index (κ3) is 3.97. The molecule has 0 atom stereocenters. The summed E-state index contributed by atoms with van der Waals surface area (Å²) in [6.07, 6.45) is 0.0476. The van der Waals surface area contributed by atoms with Gasteiger partial charge in [0, 0.05) is 14.9 Å². The maximum atomic E-state index is 12.0. The van der Waals surface area contributed by atoms with E-state index in [9.17, 15) is 9.59 Å². The third-order valence-corrected chi connectivity index (χ3v) is 4.26. The van der Waals surface area contributed by atoms with Gasteiger partial charge in [-0.05, 0) is 30.7 Å². The highest BCUT2D eigenvalue weighted by Crippen LogP contribution is 2.28. The van der Waals surface area contributed by atoms with Crippen molar-refractivity contribution < 1.29 is 14.7 Å². The van der Waals surface area contributed by atoms with Gasteiger partial charge in [0.2, 0.25) is 5.91 Å². The van der Waals surface area contributed by atoms with E-state index in [-0.39, 0.29) is 17.9 Å². The van der Waals surface area contributed by atoms with E-state index in [2.05, 4.69) is 5.32 Å². The van der Waals surface area contributed by atoms with Gasteiger partial charge >= 0.3 is 5.97 Å². The average Bonchev–Trinajstić information content (AvgIpc) is 2.74. The Hall–Kier alpha value is -1.56. The zero-order valence-electron chi connectivity index (χ0n) is 10.9. The number of carboxylic acid groups (broad SMARTS) is 1. The van der Waals surface area contributed by atoms with E-state index < -0.39 is 5.97 Å². The summed E-state index contributed by atoms with van der Waals surface area (Å²) in [5.41, 5.74) is 0.719. The lowest BCUT2D eigenvalue weighted by Crippen LogP contribution is -2.15. The molecule has 110 valence electrons. The summed E-state index contributed by atoms with van der Waals surface area (Å²) < 4.78 is 0. The fourth-order valence-corrected chi connectivity index (χ4v) is 3.17. The molecular weight excluding hydrogens is 333 g/mol. The molecule has 0 bridgehead atoms. The van der Waals surface area contributed by atoms with Gasteiger partial charge < -0.3 is 10.4 Å². The van der Waals surface area contributed by atoms with Crippen LogP contribution in [-0.4, -0.2) is 17.0 Å². The van der Waals surface area contributed by atoms with E-state index in [1.54, 1.807) is 25.1 Å². The number of thiophene rings is 1. The Bertz CT molecular complexity index is 712. The quantitative estimate of drug-likeness (QED) is 0.872. The first-order valence-electron chi connectivity index (χ1n) is 5.94. The zero-order chi connectivity index (χ0) is 15.6. The number of halogens is 2. The molecule has 0 fully saturated rings. The molecule has 0 unspecified atom stereocenters. The lowest BCUT2D eigenvalue weighted by atomic mass is 10.1. The third-order valence-electron chi connectivity index (χ3n) is 2.70. The Morgan fingerprint density at radius 2 is 2.00 bits per heavy atom. The first-order valence-corrected chi connectivity index (χ1v) is 7.51. The highest BCUT2D eigenvalue weighted by Gasteiger charge is 2.16. The van der Waals surface area contributed by atoms with Crippen molar-refractivity contribution in [3.05, 3.63) is 50.3 Å². The monoisotopic (exact) mass is 343 g/mol. The highest BCUT2D eigenvalue weighted by molar-refractivity contribution is 7.16. The number of hydrogen-bond donors (Lipinski definition) is 2. The molecule has 2 rings (SSSR count). The van der Waals surface area contributed by atoms with Crippen molar-refractivity contribution >= 4 is 51.4 Å². The molecule has 0 saturated heterocycles. The lowest BCUT2D eigenvalue weighted by molar-refractivity contribution is -0.115. The highest BCUT2D eigenvalue weighted by atomic mass is 35.5. The molecule has 0 aliphatic heterocycles. The van der Waals surface area contributed by atoms with E-state index in [4.69, 9.17) is 28.3 Å². The molecule has 0 aliphatic carbocycles. The van der Waals surface area contributed by atoms with Crippen LogP contribution in [-0.2, 0) is 11.2 Å². The van der Waals surface area contributed by atoms with Gasteiger partial charge in [-0.1, -0.05) is 29.3 Å². The molecule has 1 aromatic heterocycles. The topological polar surface area (TPSA) is 66.4 Å². The molecule has 2 N–H and O–H groups in total. The normalized spacial score (nSPS) is 10.4. The van der Waals surface area contributed by atoms with Gasteiger partial charge in [0.05, 0.1) is 12.0 Å². The van der Waals surface area contributed by atoms with Crippen LogP contribution in [0, 0.1) is 6.92 Å². The summed E-state index contributed by atoms with van der Waals surface area (Å²) in [6, 6.07) is 6.40. The van der Waals surface area contributed by atoms with Crippen molar-refractivity contribution in [2.75, 3.05) is 5.32 Å². The van der Waals surface area contributed by atoms with E-state index >= 15 is 0 Å². The van der Waals surface area contributed by atoms with Crippen LogP contribution in [0.3, 0.4) is 0 Å². The van der Waals surface area contributed by atoms with Gasteiger partial charge in [0.15, 0.2) is 0 Å². The first kappa shape index (κ1) is 15.8. The second-order valence-corrected chi connectivity index (χ2v) is 6.47.